The molecule has 18 heavy (non-hydrogen) atoms. The summed E-state index contributed by atoms with van der Waals surface area (Å²) >= 11 is 0. The maximum Gasteiger partial charge on any atom is 0.269 e. The van der Waals surface area contributed by atoms with Crippen molar-refractivity contribution in [2.75, 3.05) is 25.2 Å². The number of fused-ring (bicyclic) bond motifs is 1. The normalized spacial score (nSPS) is 24.6. The Kier molecular flexibility index (Phi) is 2.28. The second-order valence-electron chi connectivity index (χ2n) is 4.62. The van der Waals surface area contributed by atoms with E-state index >= 15 is 0 Å². The Bertz CT molecular complexity index is 545. The first kappa shape index (κ1) is 11.1. The predicted molar refractivity (Wildman–Crippen MR) is 63.1 cm³/mol. The van der Waals surface area contributed by atoms with E-state index < -0.39 is 11.5 Å². The lowest BCUT2D eigenvalue weighted by atomic mass is 9.80. The number of para-hydroxylation sites is 2. The lowest BCUT2D eigenvalue weighted by Crippen LogP contribution is -2.60. The Balaban J connectivity index is 2.01. The molecule has 0 aliphatic carbocycles. The highest BCUT2D eigenvalue weighted by Gasteiger charge is 2.54. The SMILES string of the molecule is CN1C(=O)C(C2(C#N)COC2)Oc2ccccc21. The highest BCUT2D eigenvalue weighted by atomic mass is 16.5. The summed E-state index contributed by atoms with van der Waals surface area (Å²) in [6.07, 6.45) is -0.781. The van der Waals surface area contributed by atoms with Gasteiger partial charge in [-0.2, -0.15) is 5.26 Å². The van der Waals surface area contributed by atoms with E-state index in [-0.39, 0.29) is 19.1 Å². The number of carbonyl (C=O) groups excluding carboxylic acids is 1. The molecule has 0 N–H and O–H groups in total. The van der Waals surface area contributed by atoms with Gasteiger partial charge in [-0.05, 0) is 12.1 Å². The topological polar surface area (TPSA) is 62.6 Å². The van der Waals surface area contributed by atoms with Crippen molar-refractivity contribution in [3.8, 4) is 11.8 Å². The van der Waals surface area contributed by atoms with Crippen LogP contribution in [0.25, 0.3) is 0 Å². The van der Waals surface area contributed by atoms with E-state index in [0.717, 1.165) is 5.69 Å². The van der Waals surface area contributed by atoms with Gasteiger partial charge in [-0.3, -0.25) is 4.79 Å². The fourth-order valence-corrected chi connectivity index (χ4v) is 2.25. The van der Waals surface area contributed by atoms with Crippen LogP contribution in [0, 0.1) is 16.7 Å². The molecule has 0 bridgehead atoms. The van der Waals surface area contributed by atoms with Gasteiger partial charge in [0.1, 0.15) is 11.2 Å². The van der Waals surface area contributed by atoms with Crippen molar-refractivity contribution in [2.24, 2.45) is 5.41 Å². The summed E-state index contributed by atoms with van der Waals surface area (Å²) in [4.78, 5) is 13.8. The summed E-state index contributed by atoms with van der Waals surface area (Å²) in [7, 11) is 1.70. The molecule has 1 aromatic carbocycles. The number of nitrogens with zero attached hydrogens (tertiary/aromatic N) is 2. The third-order valence-electron chi connectivity index (χ3n) is 3.47. The van der Waals surface area contributed by atoms with Crippen molar-refractivity contribution in [3.05, 3.63) is 24.3 Å². The molecule has 1 unspecified atom stereocenters. The van der Waals surface area contributed by atoms with E-state index in [2.05, 4.69) is 6.07 Å². The van der Waals surface area contributed by atoms with E-state index in [0.29, 0.717) is 5.75 Å². The van der Waals surface area contributed by atoms with Gasteiger partial charge in [0.2, 0.25) is 6.10 Å². The van der Waals surface area contributed by atoms with Crippen LogP contribution in [-0.2, 0) is 9.53 Å². The molecule has 1 aromatic rings. The predicted octanol–water partition coefficient (Wildman–Crippen LogP) is 0.951. The average Bonchev–Trinajstić information content (AvgIpc) is 2.35. The molecule has 0 aromatic heterocycles. The molecule has 3 rings (SSSR count). The molecular weight excluding hydrogens is 232 g/mol. The Morgan fingerprint density at radius 3 is 2.78 bits per heavy atom. The number of rotatable bonds is 1. The number of anilines is 1. The summed E-state index contributed by atoms with van der Waals surface area (Å²) < 4.78 is 10.8. The van der Waals surface area contributed by atoms with Crippen LogP contribution < -0.4 is 9.64 Å². The lowest BCUT2D eigenvalue weighted by molar-refractivity contribution is -0.156. The van der Waals surface area contributed by atoms with E-state index in [1.807, 2.05) is 18.2 Å². The van der Waals surface area contributed by atoms with Gasteiger partial charge in [-0.25, -0.2) is 0 Å². The molecule has 5 heteroatoms. The third kappa shape index (κ3) is 1.33. The second kappa shape index (κ2) is 3.72. The summed E-state index contributed by atoms with van der Waals surface area (Å²) in [5.41, 5.74) is -0.120. The smallest absolute Gasteiger partial charge is 0.269 e. The van der Waals surface area contributed by atoms with Gasteiger partial charge < -0.3 is 14.4 Å². The maximum atomic E-state index is 12.3. The fourth-order valence-electron chi connectivity index (χ4n) is 2.25. The molecule has 0 saturated carbocycles. The molecule has 92 valence electrons. The third-order valence-corrected chi connectivity index (χ3v) is 3.47. The maximum absolute atomic E-state index is 12.3. The number of carbonyl (C=O) groups is 1. The molecule has 2 aliphatic heterocycles. The number of likely N-dealkylation sites (N-methyl/N-ethyl adjacent to an activating group) is 1. The van der Waals surface area contributed by atoms with Gasteiger partial charge in [0.25, 0.3) is 5.91 Å². The molecule has 2 heterocycles. The molecule has 0 radical (unpaired) electrons. The van der Waals surface area contributed by atoms with E-state index in [1.165, 1.54) is 0 Å². The van der Waals surface area contributed by atoms with Crippen LogP contribution in [0.15, 0.2) is 24.3 Å². The molecule has 1 amide bonds. The van der Waals surface area contributed by atoms with Crippen molar-refractivity contribution in [1.29, 1.82) is 5.26 Å². The number of nitriles is 1. The summed E-state index contributed by atoms with van der Waals surface area (Å²) in [5.74, 6) is 0.435. The largest absolute Gasteiger partial charge is 0.476 e. The zero-order valence-electron chi connectivity index (χ0n) is 9.92. The second-order valence-corrected chi connectivity index (χ2v) is 4.62. The van der Waals surface area contributed by atoms with Crippen molar-refractivity contribution in [3.63, 3.8) is 0 Å². The van der Waals surface area contributed by atoms with Crippen LogP contribution in [-0.4, -0.2) is 32.3 Å². The van der Waals surface area contributed by atoms with Crippen molar-refractivity contribution in [1.82, 2.24) is 0 Å². The average molecular weight is 244 g/mol. The molecular formula is C13H12N2O3. The van der Waals surface area contributed by atoms with Crippen LogP contribution in [0.4, 0.5) is 5.69 Å². The van der Waals surface area contributed by atoms with Crippen molar-refractivity contribution >= 4 is 11.6 Å². The minimum atomic E-state index is -0.848. The Labute approximate surface area is 105 Å². The quantitative estimate of drug-likeness (QED) is 0.738. The van der Waals surface area contributed by atoms with Gasteiger partial charge in [-0.1, -0.05) is 12.1 Å². The van der Waals surface area contributed by atoms with Gasteiger partial charge in [0.15, 0.2) is 0 Å². The standard InChI is InChI=1S/C13H12N2O3/c1-15-9-4-2-3-5-10(9)18-11(12(15)16)13(6-14)7-17-8-13/h2-5,11H,7-8H2,1H3. The van der Waals surface area contributed by atoms with Gasteiger partial charge >= 0.3 is 0 Å². The van der Waals surface area contributed by atoms with E-state index in [9.17, 15) is 10.1 Å². The summed E-state index contributed by atoms with van der Waals surface area (Å²) in [6.45, 7) is 0.492. The number of amides is 1. The van der Waals surface area contributed by atoms with Crippen LogP contribution in [0.2, 0.25) is 0 Å². The zero-order valence-corrected chi connectivity index (χ0v) is 9.92. The van der Waals surface area contributed by atoms with Gasteiger partial charge in [0.05, 0.1) is 25.0 Å². The molecule has 1 saturated heterocycles. The zero-order chi connectivity index (χ0) is 12.8. The monoisotopic (exact) mass is 244 g/mol. The van der Waals surface area contributed by atoms with E-state index in [4.69, 9.17) is 9.47 Å². The number of benzene rings is 1. The minimum absolute atomic E-state index is 0.196. The molecule has 5 nitrogen and oxygen atoms in total. The highest BCUT2D eigenvalue weighted by Crippen LogP contribution is 2.40. The minimum Gasteiger partial charge on any atom is -0.476 e. The van der Waals surface area contributed by atoms with E-state index in [1.54, 1.807) is 18.0 Å². The van der Waals surface area contributed by atoms with Crippen LogP contribution in [0.1, 0.15) is 0 Å². The number of ether oxygens (including phenoxy) is 2. The highest BCUT2D eigenvalue weighted by molar-refractivity contribution is 6.00. The Morgan fingerprint density at radius 2 is 2.17 bits per heavy atom. The lowest BCUT2D eigenvalue weighted by Gasteiger charge is -2.43. The van der Waals surface area contributed by atoms with Crippen LogP contribution in [0.3, 0.4) is 0 Å². The number of hydrogen-bond donors (Lipinski definition) is 0. The van der Waals surface area contributed by atoms with Crippen LogP contribution in [0.5, 0.6) is 5.75 Å². The first-order valence-electron chi connectivity index (χ1n) is 5.70. The molecule has 2 aliphatic rings. The molecule has 1 atom stereocenters. The molecule has 0 spiro atoms. The summed E-state index contributed by atoms with van der Waals surface area (Å²) in [5, 5.41) is 9.26. The Morgan fingerprint density at radius 1 is 1.44 bits per heavy atom. The fraction of sp³-hybridized carbons (Fsp3) is 0.385. The van der Waals surface area contributed by atoms with Gasteiger partial charge in [0, 0.05) is 7.05 Å². The van der Waals surface area contributed by atoms with Crippen molar-refractivity contribution in [2.45, 2.75) is 6.10 Å². The first-order valence-corrected chi connectivity index (χ1v) is 5.70. The summed E-state index contributed by atoms with van der Waals surface area (Å²) in [6, 6.07) is 9.48. The first-order chi connectivity index (χ1) is 8.68. The van der Waals surface area contributed by atoms with Gasteiger partial charge in [-0.15, -0.1) is 0 Å². The van der Waals surface area contributed by atoms with Crippen LogP contribution >= 0.6 is 0 Å². The van der Waals surface area contributed by atoms with Crippen molar-refractivity contribution < 1.29 is 14.3 Å². The number of hydrogen-bond acceptors (Lipinski definition) is 4. The molecule has 1 fully saturated rings. The Hall–Kier alpha value is -2.06.